The van der Waals surface area contributed by atoms with Crippen molar-refractivity contribution in [3.63, 3.8) is 0 Å². The first-order valence-electron chi connectivity index (χ1n) is 9.64. The van der Waals surface area contributed by atoms with E-state index in [1.165, 1.54) is 35.2 Å². The Bertz CT molecular complexity index is 1050. The summed E-state index contributed by atoms with van der Waals surface area (Å²) in [5.41, 5.74) is 0.130. The normalized spacial score (nSPS) is 18.1. The third-order valence-corrected chi connectivity index (χ3v) is 5.06. The van der Waals surface area contributed by atoms with E-state index in [4.69, 9.17) is 0 Å². The van der Waals surface area contributed by atoms with Crippen molar-refractivity contribution >= 4 is 23.1 Å². The largest absolute Gasteiger partial charge is 0.507 e. The van der Waals surface area contributed by atoms with E-state index in [0.29, 0.717) is 18.5 Å². The number of hydrogen-bond donors (Lipinski definition) is 1. The Morgan fingerprint density at radius 2 is 1.87 bits per heavy atom. The van der Waals surface area contributed by atoms with Crippen LogP contribution in [0.15, 0.2) is 54.1 Å². The van der Waals surface area contributed by atoms with Gasteiger partial charge in [-0.15, -0.1) is 0 Å². The number of rotatable bonds is 7. The molecule has 1 saturated heterocycles. The average molecular weight is 427 g/mol. The van der Waals surface area contributed by atoms with Gasteiger partial charge in [0.25, 0.3) is 17.4 Å². The van der Waals surface area contributed by atoms with Gasteiger partial charge in [0.1, 0.15) is 11.6 Å². The van der Waals surface area contributed by atoms with Crippen molar-refractivity contribution in [1.82, 2.24) is 9.80 Å². The lowest BCUT2D eigenvalue weighted by Crippen LogP contribution is -2.32. The van der Waals surface area contributed by atoms with Crippen LogP contribution in [0, 0.1) is 15.9 Å². The zero-order chi connectivity index (χ0) is 22.7. The molecule has 0 radical (unpaired) electrons. The number of ketones is 1. The highest BCUT2D eigenvalue weighted by Gasteiger charge is 2.46. The van der Waals surface area contributed by atoms with Gasteiger partial charge < -0.3 is 14.9 Å². The van der Waals surface area contributed by atoms with Gasteiger partial charge in [0.05, 0.1) is 16.5 Å². The number of aliphatic hydroxyl groups is 1. The van der Waals surface area contributed by atoms with Gasteiger partial charge >= 0.3 is 0 Å². The number of halogens is 1. The number of hydrogen-bond acceptors (Lipinski definition) is 6. The number of nitro groups is 1. The molecule has 2 aromatic rings. The van der Waals surface area contributed by atoms with Crippen molar-refractivity contribution in [2.24, 2.45) is 0 Å². The van der Waals surface area contributed by atoms with Crippen molar-refractivity contribution in [3.05, 3.63) is 81.2 Å². The molecule has 1 N–H and O–H groups in total. The number of nitrogens with zero attached hydrogens (tertiary/aromatic N) is 3. The van der Waals surface area contributed by atoms with Crippen LogP contribution in [0.1, 0.15) is 23.6 Å². The molecule has 0 unspecified atom stereocenters. The third kappa shape index (κ3) is 4.61. The molecule has 0 aliphatic carbocycles. The summed E-state index contributed by atoms with van der Waals surface area (Å²) in [6.07, 6.45) is 0.558. The Balaban J connectivity index is 2.13. The Hall–Kier alpha value is -3.59. The molecule has 1 aliphatic heterocycles. The fourth-order valence-electron chi connectivity index (χ4n) is 3.59. The molecule has 3 rings (SSSR count). The Kier molecular flexibility index (Phi) is 6.45. The lowest BCUT2D eigenvalue weighted by molar-refractivity contribution is -0.384. The minimum Gasteiger partial charge on any atom is -0.507 e. The first kappa shape index (κ1) is 22.1. The van der Waals surface area contributed by atoms with Crippen molar-refractivity contribution in [2.75, 3.05) is 27.2 Å². The van der Waals surface area contributed by atoms with Gasteiger partial charge in [0.2, 0.25) is 0 Å². The molecule has 1 atom stereocenters. The maximum absolute atomic E-state index is 13.3. The number of benzene rings is 2. The van der Waals surface area contributed by atoms with Crippen LogP contribution in [0.5, 0.6) is 0 Å². The molecular weight excluding hydrogens is 405 g/mol. The second kappa shape index (κ2) is 9.05. The number of aliphatic hydroxyl groups excluding tert-OH is 1. The van der Waals surface area contributed by atoms with Crippen molar-refractivity contribution in [2.45, 2.75) is 12.5 Å². The summed E-state index contributed by atoms with van der Waals surface area (Å²) >= 11 is 0. The molecule has 8 nitrogen and oxygen atoms in total. The van der Waals surface area contributed by atoms with Crippen LogP contribution in [-0.2, 0) is 9.59 Å². The summed E-state index contributed by atoms with van der Waals surface area (Å²) in [6, 6.07) is 9.49. The highest BCUT2D eigenvalue weighted by atomic mass is 19.1. The second-order valence-electron chi connectivity index (χ2n) is 7.51. The van der Waals surface area contributed by atoms with Crippen LogP contribution >= 0.6 is 0 Å². The predicted molar refractivity (Wildman–Crippen MR) is 112 cm³/mol. The van der Waals surface area contributed by atoms with E-state index in [-0.39, 0.29) is 23.4 Å². The molecular formula is C22H22FN3O5. The first-order chi connectivity index (χ1) is 14.7. The predicted octanol–water partition coefficient (Wildman–Crippen LogP) is 3.11. The number of non-ortho nitro benzene ring substituents is 1. The van der Waals surface area contributed by atoms with E-state index >= 15 is 0 Å². The van der Waals surface area contributed by atoms with E-state index in [9.17, 15) is 29.2 Å². The second-order valence-corrected chi connectivity index (χ2v) is 7.51. The Morgan fingerprint density at radius 1 is 1.19 bits per heavy atom. The lowest BCUT2D eigenvalue weighted by atomic mass is 9.95. The van der Waals surface area contributed by atoms with E-state index in [2.05, 4.69) is 0 Å². The SMILES string of the molecule is CN(C)CCCN1C(=O)C(=O)/C(=C(/O)c2ccc(F)cc2)[C@@H]1c1cccc([N+](=O)[O-])c1. The highest BCUT2D eigenvalue weighted by Crippen LogP contribution is 2.40. The number of carbonyl (C=O) groups is 2. The van der Waals surface area contributed by atoms with Crippen LogP contribution in [0.3, 0.4) is 0 Å². The fourth-order valence-corrected chi connectivity index (χ4v) is 3.59. The van der Waals surface area contributed by atoms with Gasteiger partial charge in [-0.25, -0.2) is 4.39 Å². The van der Waals surface area contributed by atoms with Crippen molar-refractivity contribution in [1.29, 1.82) is 0 Å². The zero-order valence-corrected chi connectivity index (χ0v) is 17.1. The number of carbonyl (C=O) groups excluding carboxylic acids is 2. The van der Waals surface area contributed by atoms with Gasteiger partial charge in [0, 0.05) is 24.2 Å². The summed E-state index contributed by atoms with van der Waals surface area (Å²) < 4.78 is 13.3. The van der Waals surface area contributed by atoms with E-state index in [1.54, 1.807) is 6.07 Å². The smallest absolute Gasteiger partial charge is 0.295 e. The summed E-state index contributed by atoms with van der Waals surface area (Å²) in [7, 11) is 3.75. The molecule has 1 amide bonds. The fraction of sp³-hybridized carbons (Fsp3) is 0.273. The van der Waals surface area contributed by atoms with Gasteiger partial charge in [0.15, 0.2) is 0 Å². The molecule has 1 aliphatic rings. The molecule has 0 spiro atoms. The van der Waals surface area contributed by atoms with Gasteiger partial charge in [-0.1, -0.05) is 12.1 Å². The molecule has 1 fully saturated rings. The third-order valence-electron chi connectivity index (χ3n) is 5.06. The zero-order valence-electron chi connectivity index (χ0n) is 17.1. The van der Waals surface area contributed by atoms with Crippen LogP contribution in [0.2, 0.25) is 0 Å². The Morgan fingerprint density at radius 3 is 2.48 bits per heavy atom. The quantitative estimate of drug-likeness (QED) is 0.239. The van der Waals surface area contributed by atoms with Crippen LogP contribution in [0.4, 0.5) is 10.1 Å². The molecule has 2 aromatic carbocycles. The number of amides is 1. The van der Waals surface area contributed by atoms with Crippen LogP contribution < -0.4 is 0 Å². The molecule has 0 bridgehead atoms. The summed E-state index contributed by atoms with van der Waals surface area (Å²) in [4.78, 5) is 39.6. The minimum absolute atomic E-state index is 0.170. The summed E-state index contributed by atoms with van der Waals surface area (Å²) in [6.45, 7) is 0.874. The van der Waals surface area contributed by atoms with E-state index < -0.39 is 34.2 Å². The standard InChI is InChI=1S/C22H22FN3O5/c1-24(2)11-4-12-25-19(15-5-3-6-17(13-15)26(30)31)18(21(28)22(25)29)20(27)14-7-9-16(23)10-8-14/h3,5-10,13,19,27H,4,11-12H2,1-2H3/b20-18+/t19-/m0/s1. The van der Waals surface area contributed by atoms with Gasteiger partial charge in [-0.3, -0.25) is 19.7 Å². The van der Waals surface area contributed by atoms with E-state index in [1.807, 2.05) is 19.0 Å². The molecule has 0 saturated carbocycles. The first-order valence-corrected chi connectivity index (χ1v) is 9.64. The highest BCUT2D eigenvalue weighted by molar-refractivity contribution is 6.46. The number of Topliss-reactive ketones (excluding diaryl/α,β-unsaturated/α-hetero) is 1. The van der Waals surface area contributed by atoms with Crippen molar-refractivity contribution < 1.29 is 24.0 Å². The molecule has 1 heterocycles. The van der Waals surface area contributed by atoms with Gasteiger partial charge in [-0.2, -0.15) is 0 Å². The molecule has 31 heavy (non-hydrogen) atoms. The number of nitro benzene ring substituents is 1. The van der Waals surface area contributed by atoms with Gasteiger partial charge in [-0.05, 0) is 56.9 Å². The monoisotopic (exact) mass is 427 g/mol. The maximum atomic E-state index is 13.3. The molecule has 9 heteroatoms. The Labute approximate surface area is 178 Å². The average Bonchev–Trinajstić information content (AvgIpc) is 2.98. The summed E-state index contributed by atoms with van der Waals surface area (Å²) in [5.74, 6) is -2.65. The maximum Gasteiger partial charge on any atom is 0.295 e. The molecule has 0 aromatic heterocycles. The number of likely N-dealkylation sites (tertiary alicyclic amines) is 1. The minimum atomic E-state index is -0.993. The molecule has 162 valence electrons. The summed E-state index contributed by atoms with van der Waals surface area (Å²) in [5, 5.41) is 22.1. The lowest BCUT2D eigenvalue weighted by Gasteiger charge is -2.25. The van der Waals surface area contributed by atoms with Crippen LogP contribution in [-0.4, -0.2) is 58.7 Å². The van der Waals surface area contributed by atoms with Crippen LogP contribution in [0.25, 0.3) is 5.76 Å². The van der Waals surface area contributed by atoms with E-state index in [0.717, 1.165) is 12.1 Å². The van der Waals surface area contributed by atoms with Crippen molar-refractivity contribution in [3.8, 4) is 0 Å². The topological polar surface area (TPSA) is 104 Å².